The van der Waals surface area contributed by atoms with Crippen LogP contribution < -0.4 is 0 Å². The number of hydrogen-bond donors (Lipinski definition) is 0. The summed E-state index contributed by atoms with van der Waals surface area (Å²) in [7, 11) is 0. The minimum atomic E-state index is 0.953. The maximum absolute atomic E-state index is 7.00. The first kappa shape index (κ1) is 24.6. The van der Waals surface area contributed by atoms with Gasteiger partial charge in [-0.25, -0.2) is 0 Å². The Morgan fingerprint density at radius 3 is 1.87 bits per heavy atom. The first-order valence-electron chi connectivity index (χ1n) is 15.6. The monoisotopic (exact) mass is 573 g/mol. The molecule has 9 aromatic rings. The first-order valence-corrected chi connectivity index (χ1v) is 15.6. The minimum Gasteiger partial charge on any atom is -0.455 e. The topological polar surface area (TPSA) is 18.1 Å². The molecule has 210 valence electrons. The molecule has 0 saturated carbocycles. The number of nitrogens with zero attached hydrogens (tertiary/aromatic N) is 1. The van der Waals surface area contributed by atoms with E-state index in [1.54, 1.807) is 0 Å². The zero-order chi connectivity index (χ0) is 29.5. The molecule has 45 heavy (non-hydrogen) atoms. The Morgan fingerprint density at radius 2 is 1.09 bits per heavy atom. The highest BCUT2D eigenvalue weighted by Gasteiger charge is 2.25. The van der Waals surface area contributed by atoms with Crippen molar-refractivity contribution in [2.75, 3.05) is 0 Å². The second-order valence-electron chi connectivity index (χ2n) is 12.1. The molecule has 0 atom stereocenters. The summed E-state index contributed by atoms with van der Waals surface area (Å²) in [6.45, 7) is 0. The Labute approximate surface area is 260 Å². The molecule has 0 radical (unpaired) electrons. The summed E-state index contributed by atoms with van der Waals surface area (Å²) < 4.78 is 9.41. The van der Waals surface area contributed by atoms with E-state index in [9.17, 15) is 0 Å². The van der Waals surface area contributed by atoms with E-state index in [4.69, 9.17) is 4.42 Å². The predicted molar refractivity (Wildman–Crippen MR) is 187 cm³/mol. The highest BCUT2D eigenvalue weighted by atomic mass is 16.3. The van der Waals surface area contributed by atoms with E-state index in [0.29, 0.717) is 0 Å². The van der Waals surface area contributed by atoms with Crippen LogP contribution in [0.2, 0.25) is 0 Å². The van der Waals surface area contributed by atoms with Crippen molar-refractivity contribution in [3.63, 3.8) is 0 Å². The summed E-state index contributed by atoms with van der Waals surface area (Å²) >= 11 is 0. The van der Waals surface area contributed by atoms with Gasteiger partial charge in [-0.2, -0.15) is 0 Å². The molecule has 0 aliphatic heterocycles. The lowest BCUT2D eigenvalue weighted by Gasteiger charge is -2.14. The van der Waals surface area contributed by atoms with Gasteiger partial charge in [0.25, 0.3) is 0 Å². The van der Waals surface area contributed by atoms with Gasteiger partial charge in [0.15, 0.2) is 0 Å². The highest BCUT2D eigenvalue weighted by molar-refractivity contribution is 6.25. The number of rotatable bonds is 3. The van der Waals surface area contributed by atoms with Crippen LogP contribution in [0.4, 0.5) is 0 Å². The number of benzene rings is 7. The third-order valence-corrected chi connectivity index (χ3v) is 9.59. The van der Waals surface area contributed by atoms with E-state index >= 15 is 0 Å². The quantitative estimate of drug-likeness (QED) is 0.206. The van der Waals surface area contributed by atoms with Crippen molar-refractivity contribution in [1.82, 2.24) is 4.57 Å². The smallest absolute Gasteiger partial charge is 0.145 e. The number of fused-ring (bicyclic) bond motifs is 11. The third-order valence-electron chi connectivity index (χ3n) is 9.59. The summed E-state index contributed by atoms with van der Waals surface area (Å²) in [4.78, 5) is 0. The Hall–Kier alpha value is -5.86. The summed E-state index contributed by atoms with van der Waals surface area (Å²) in [6.07, 6.45) is 0.953. The molecule has 0 unspecified atom stereocenters. The van der Waals surface area contributed by atoms with Crippen LogP contribution in [0.3, 0.4) is 0 Å². The molecule has 10 rings (SSSR count). The molecule has 2 heterocycles. The highest BCUT2D eigenvalue weighted by Crippen LogP contribution is 2.47. The van der Waals surface area contributed by atoms with E-state index in [1.807, 2.05) is 0 Å². The van der Waals surface area contributed by atoms with Gasteiger partial charge < -0.3 is 8.98 Å². The third kappa shape index (κ3) is 3.57. The van der Waals surface area contributed by atoms with Crippen LogP contribution >= 0.6 is 0 Å². The zero-order valence-corrected chi connectivity index (χ0v) is 24.5. The summed E-state index contributed by atoms with van der Waals surface area (Å²) in [5, 5.41) is 4.69. The second kappa shape index (κ2) is 9.32. The predicted octanol–water partition coefficient (Wildman–Crippen LogP) is 11.6. The molecule has 2 nitrogen and oxygen atoms in total. The van der Waals surface area contributed by atoms with Crippen molar-refractivity contribution in [2.24, 2.45) is 0 Å². The molecule has 1 aliphatic carbocycles. The maximum Gasteiger partial charge on any atom is 0.145 e. The normalized spacial score (nSPS) is 12.4. The van der Waals surface area contributed by atoms with Gasteiger partial charge in [0.2, 0.25) is 0 Å². The number of furan rings is 1. The molecule has 0 saturated heterocycles. The fourth-order valence-corrected chi connectivity index (χ4v) is 7.57. The Morgan fingerprint density at radius 1 is 0.444 bits per heavy atom. The largest absolute Gasteiger partial charge is 0.455 e. The van der Waals surface area contributed by atoms with Gasteiger partial charge in [0.05, 0.1) is 16.4 Å². The molecular weight excluding hydrogens is 546 g/mol. The number of para-hydroxylation sites is 1. The van der Waals surface area contributed by atoms with Crippen LogP contribution in [0.25, 0.3) is 82.8 Å². The van der Waals surface area contributed by atoms with Crippen LogP contribution in [-0.4, -0.2) is 4.57 Å². The molecule has 2 heteroatoms. The van der Waals surface area contributed by atoms with Crippen molar-refractivity contribution in [3.8, 4) is 39.1 Å². The van der Waals surface area contributed by atoms with Crippen molar-refractivity contribution >= 4 is 43.7 Å². The molecule has 0 fully saturated rings. The molecular formula is C43H27NO. The standard InChI is InChI=1S/C43H27NO/c1-3-11-27(12-4-1)31-24-32(28-13-5-2-6-14-28)26-33(25-31)44-38-18-10-9-17-37(38)41-39(44)22-21-36-35-20-19-30-23-29-15-7-8-16-34(29)40(30)42(35)45-43(36)41/h1-22,24-26H,23H2. The van der Waals surface area contributed by atoms with Gasteiger partial charge in [-0.15, -0.1) is 0 Å². The second-order valence-corrected chi connectivity index (χ2v) is 12.1. The van der Waals surface area contributed by atoms with E-state index in [2.05, 4.69) is 156 Å². The fourth-order valence-electron chi connectivity index (χ4n) is 7.57. The molecule has 7 aromatic carbocycles. The summed E-state index contributed by atoms with van der Waals surface area (Å²) in [5.41, 5.74) is 15.4. The lowest BCUT2D eigenvalue weighted by Crippen LogP contribution is -1.96. The van der Waals surface area contributed by atoms with Crippen molar-refractivity contribution < 1.29 is 4.42 Å². The van der Waals surface area contributed by atoms with Crippen LogP contribution in [0.1, 0.15) is 11.1 Å². The molecule has 0 amide bonds. The van der Waals surface area contributed by atoms with Gasteiger partial charge in [-0.1, -0.05) is 115 Å². The average Bonchev–Trinajstić information content (AvgIpc) is 3.78. The lowest BCUT2D eigenvalue weighted by molar-refractivity contribution is 0.674. The molecule has 0 N–H and O–H groups in total. The van der Waals surface area contributed by atoms with Gasteiger partial charge in [-0.3, -0.25) is 0 Å². The van der Waals surface area contributed by atoms with E-state index in [0.717, 1.165) is 39.6 Å². The van der Waals surface area contributed by atoms with Gasteiger partial charge in [0, 0.05) is 27.4 Å². The summed E-state index contributed by atoms with van der Waals surface area (Å²) in [5.74, 6) is 0. The Bertz CT molecular complexity index is 2550. The van der Waals surface area contributed by atoms with Crippen molar-refractivity contribution in [1.29, 1.82) is 0 Å². The van der Waals surface area contributed by atoms with E-state index in [-0.39, 0.29) is 0 Å². The molecule has 2 aromatic heterocycles. The SMILES string of the molecule is c1ccc(-c2cc(-c3ccccc3)cc(-n3c4ccccc4c4c5oc6c7c(ccc6c5ccc43)Cc3ccccc3-7)c2)cc1. The summed E-state index contributed by atoms with van der Waals surface area (Å²) in [6, 6.07) is 54.9. The van der Waals surface area contributed by atoms with Crippen molar-refractivity contribution in [3.05, 3.63) is 163 Å². The van der Waals surface area contributed by atoms with E-state index in [1.165, 1.54) is 60.8 Å². The van der Waals surface area contributed by atoms with Gasteiger partial charge in [-0.05, 0) is 81.8 Å². The average molecular weight is 574 g/mol. The molecule has 0 spiro atoms. The van der Waals surface area contributed by atoms with Crippen molar-refractivity contribution in [2.45, 2.75) is 6.42 Å². The van der Waals surface area contributed by atoms with Gasteiger partial charge in [0.1, 0.15) is 11.2 Å². The Balaban J connectivity index is 1.29. The van der Waals surface area contributed by atoms with Gasteiger partial charge >= 0.3 is 0 Å². The van der Waals surface area contributed by atoms with Crippen LogP contribution in [-0.2, 0) is 6.42 Å². The first-order chi connectivity index (χ1) is 22.3. The number of aromatic nitrogens is 1. The van der Waals surface area contributed by atoms with Crippen LogP contribution in [0.15, 0.2) is 156 Å². The van der Waals surface area contributed by atoms with Crippen LogP contribution in [0.5, 0.6) is 0 Å². The maximum atomic E-state index is 7.00. The zero-order valence-electron chi connectivity index (χ0n) is 24.5. The van der Waals surface area contributed by atoms with E-state index < -0.39 is 0 Å². The molecule has 1 aliphatic rings. The Kier molecular flexibility index (Phi) is 5.09. The fraction of sp³-hybridized carbons (Fsp3) is 0.0233. The molecule has 0 bridgehead atoms. The lowest BCUT2D eigenvalue weighted by atomic mass is 9.98. The minimum absolute atomic E-state index is 0.953. The van der Waals surface area contributed by atoms with Crippen LogP contribution in [0, 0.1) is 0 Å². The number of hydrogen-bond acceptors (Lipinski definition) is 1.